The van der Waals surface area contributed by atoms with Crippen LogP contribution < -0.4 is 15.2 Å². The molecular formula is C15H17NO2S. The van der Waals surface area contributed by atoms with E-state index in [1.54, 1.807) is 18.9 Å². The lowest BCUT2D eigenvalue weighted by atomic mass is 10.3. The Morgan fingerprint density at radius 2 is 1.58 bits per heavy atom. The lowest BCUT2D eigenvalue weighted by molar-refractivity contribution is 0.344. The van der Waals surface area contributed by atoms with Gasteiger partial charge in [-0.1, -0.05) is 0 Å². The number of nitrogens with two attached hydrogens (primary N) is 1. The quantitative estimate of drug-likeness (QED) is 0.498. The highest BCUT2D eigenvalue weighted by Crippen LogP contribution is 2.21. The maximum atomic E-state index is 5.63. The minimum Gasteiger partial charge on any atom is -0.497 e. The van der Waals surface area contributed by atoms with Gasteiger partial charge < -0.3 is 15.2 Å². The van der Waals surface area contributed by atoms with E-state index in [0.717, 1.165) is 22.9 Å². The monoisotopic (exact) mass is 275 g/mol. The first kappa shape index (κ1) is 13.6. The third-order valence-electron chi connectivity index (χ3n) is 2.56. The van der Waals surface area contributed by atoms with E-state index in [9.17, 15) is 0 Å². The number of ether oxygens (including phenoxy) is 2. The topological polar surface area (TPSA) is 44.5 Å². The summed E-state index contributed by atoms with van der Waals surface area (Å²) in [6, 6.07) is 15.5. The molecule has 0 unspecified atom stereocenters. The average Bonchev–Trinajstić information content (AvgIpc) is 2.46. The van der Waals surface area contributed by atoms with Gasteiger partial charge >= 0.3 is 0 Å². The van der Waals surface area contributed by atoms with Gasteiger partial charge in [0.2, 0.25) is 0 Å². The van der Waals surface area contributed by atoms with E-state index in [1.165, 1.54) is 4.90 Å². The Morgan fingerprint density at radius 3 is 2.21 bits per heavy atom. The highest BCUT2D eigenvalue weighted by Gasteiger charge is 1.97. The molecule has 0 heterocycles. The standard InChI is InChI=1S/C15H17NO2S/c1-17-13-6-8-15(9-7-13)19-11-10-18-14-4-2-12(16)3-5-14/h2-9H,10-11,16H2,1H3. The summed E-state index contributed by atoms with van der Waals surface area (Å²) in [7, 11) is 1.67. The van der Waals surface area contributed by atoms with E-state index in [1.807, 2.05) is 48.5 Å². The van der Waals surface area contributed by atoms with E-state index in [4.69, 9.17) is 15.2 Å². The Bertz CT molecular complexity index is 497. The van der Waals surface area contributed by atoms with Gasteiger partial charge in [0.25, 0.3) is 0 Å². The lowest BCUT2D eigenvalue weighted by Crippen LogP contribution is -2.00. The number of hydrogen-bond acceptors (Lipinski definition) is 4. The molecule has 0 saturated heterocycles. The van der Waals surface area contributed by atoms with Crippen molar-refractivity contribution in [2.24, 2.45) is 0 Å². The molecule has 0 aliphatic heterocycles. The van der Waals surface area contributed by atoms with Crippen molar-refractivity contribution in [1.82, 2.24) is 0 Å². The molecule has 2 N–H and O–H groups in total. The summed E-state index contributed by atoms with van der Waals surface area (Å²) in [6.45, 7) is 0.667. The van der Waals surface area contributed by atoms with E-state index < -0.39 is 0 Å². The highest BCUT2D eigenvalue weighted by atomic mass is 32.2. The fraction of sp³-hybridized carbons (Fsp3) is 0.200. The first-order chi connectivity index (χ1) is 9.28. The highest BCUT2D eigenvalue weighted by molar-refractivity contribution is 7.99. The molecule has 2 rings (SSSR count). The zero-order chi connectivity index (χ0) is 13.5. The summed E-state index contributed by atoms with van der Waals surface area (Å²) >= 11 is 1.76. The number of rotatable bonds is 6. The Kier molecular flexibility index (Phi) is 4.98. The molecule has 3 nitrogen and oxygen atoms in total. The number of anilines is 1. The van der Waals surface area contributed by atoms with Crippen LogP contribution in [0.25, 0.3) is 0 Å². The van der Waals surface area contributed by atoms with E-state index in [2.05, 4.69) is 0 Å². The molecule has 0 fully saturated rings. The third kappa shape index (κ3) is 4.41. The minimum absolute atomic E-state index is 0.667. The molecule has 0 radical (unpaired) electrons. The second-order valence-electron chi connectivity index (χ2n) is 3.94. The van der Waals surface area contributed by atoms with Gasteiger partial charge in [0.05, 0.1) is 13.7 Å². The van der Waals surface area contributed by atoms with Crippen molar-refractivity contribution in [3.05, 3.63) is 48.5 Å². The Hall–Kier alpha value is -1.81. The largest absolute Gasteiger partial charge is 0.497 e. The van der Waals surface area contributed by atoms with Gasteiger partial charge in [-0.25, -0.2) is 0 Å². The van der Waals surface area contributed by atoms with E-state index >= 15 is 0 Å². The van der Waals surface area contributed by atoms with Crippen molar-refractivity contribution >= 4 is 17.4 Å². The summed E-state index contributed by atoms with van der Waals surface area (Å²) in [5.74, 6) is 2.63. The molecule has 2 aromatic rings. The second kappa shape index (κ2) is 6.95. The summed E-state index contributed by atoms with van der Waals surface area (Å²) in [5, 5.41) is 0. The average molecular weight is 275 g/mol. The Labute approximate surface area is 117 Å². The molecular weight excluding hydrogens is 258 g/mol. The molecule has 0 saturated carbocycles. The Morgan fingerprint density at radius 1 is 0.947 bits per heavy atom. The fourth-order valence-corrected chi connectivity index (χ4v) is 2.29. The van der Waals surface area contributed by atoms with Gasteiger partial charge in [0.1, 0.15) is 11.5 Å². The van der Waals surface area contributed by atoms with E-state index in [-0.39, 0.29) is 0 Å². The molecule has 0 aliphatic carbocycles. The molecule has 4 heteroatoms. The third-order valence-corrected chi connectivity index (χ3v) is 3.54. The molecule has 0 aromatic heterocycles. The van der Waals surface area contributed by atoms with Gasteiger partial charge in [-0.3, -0.25) is 0 Å². The predicted molar refractivity (Wildman–Crippen MR) is 80.1 cm³/mol. The van der Waals surface area contributed by atoms with Crippen LogP contribution in [-0.2, 0) is 0 Å². The first-order valence-corrected chi connectivity index (χ1v) is 7.01. The van der Waals surface area contributed by atoms with Crippen LogP contribution in [0.4, 0.5) is 5.69 Å². The van der Waals surface area contributed by atoms with Gasteiger partial charge in [0, 0.05) is 16.3 Å². The summed E-state index contributed by atoms with van der Waals surface area (Å²) in [6.07, 6.45) is 0. The van der Waals surface area contributed by atoms with Crippen LogP contribution in [0.15, 0.2) is 53.4 Å². The molecule has 0 bridgehead atoms. The number of benzene rings is 2. The van der Waals surface area contributed by atoms with Gasteiger partial charge in [0.15, 0.2) is 0 Å². The van der Waals surface area contributed by atoms with Crippen LogP contribution in [0.5, 0.6) is 11.5 Å². The van der Waals surface area contributed by atoms with Gasteiger partial charge in [-0.2, -0.15) is 0 Å². The van der Waals surface area contributed by atoms with Crippen LogP contribution in [0.2, 0.25) is 0 Å². The zero-order valence-corrected chi connectivity index (χ0v) is 11.7. The van der Waals surface area contributed by atoms with E-state index in [0.29, 0.717) is 6.61 Å². The Balaban J connectivity index is 1.72. The first-order valence-electron chi connectivity index (χ1n) is 6.03. The zero-order valence-electron chi connectivity index (χ0n) is 10.8. The maximum Gasteiger partial charge on any atom is 0.119 e. The molecule has 0 amide bonds. The van der Waals surface area contributed by atoms with Crippen LogP contribution in [0, 0.1) is 0 Å². The fourth-order valence-electron chi connectivity index (χ4n) is 1.56. The lowest BCUT2D eigenvalue weighted by Gasteiger charge is -2.06. The van der Waals surface area contributed by atoms with Gasteiger partial charge in [-0.05, 0) is 48.5 Å². The predicted octanol–water partition coefficient (Wildman–Crippen LogP) is 3.45. The summed E-state index contributed by atoms with van der Waals surface area (Å²) in [5.41, 5.74) is 6.36. The molecule has 2 aromatic carbocycles. The number of hydrogen-bond donors (Lipinski definition) is 1. The van der Waals surface area contributed by atoms with Crippen LogP contribution in [-0.4, -0.2) is 19.5 Å². The summed E-state index contributed by atoms with van der Waals surface area (Å²) in [4.78, 5) is 1.21. The summed E-state index contributed by atoms with van der Waals surface area (Å²) < 4.78 is 10.7. The van der Waals surface area contributed by atoms with Gasteiger partial charge in [-0.15, -0.1) is 11.8 Å². The van der Waals surface area contributed by atoms with Crippen LogP contribution in [0.3, 0.4) is 0 Å². The van der Waals surface area contributed by atoms with Crippen LogP contribution >= 0.6 is 11.8 Å². The molecule has 19 heavy (non-hydrogen) atoms. The number of thioether (sulfide) groups is 1. The van der Waals surface area contributed by atoms with Crippen molar-refractivity contribution in [2.75, 3.05) is 25.2 Å². The van der Waals surface area contributed by atoms with Crippen molar-refractivity contribution in [1.29, 1.82) is 0 Å². The smallest absolute Gasteiger partial charge is 0.119 e. The second-order valence-corrected chi connectivity index (χ2v) is 5.11. The maximum absolute atomic E-state index is 5.63. The van der Waals surface area contributed by atoms with Crippen molar-refractivity contribution < 1.29 is 9.47 Å². The number of nitrogen functional groups attached to an aromatic ring is 1. The SMILES string of the molecule is COc1ccc(SCCOc2ccc(N)cc2)cc1. The van der Waals surface area contributed by atoms with Crippen molar-refractivity contribution in [3.63, 3.8) is 0 Å². The van der Waals surface area contributed by atoms with Crippen molar-refractivity contribution in [3.8, 4) is 11.5 Å². The number of methoxy groups -OCH3 is 1. The molecule has 100 valence electrons. The molecule has 0 spiro atoms. The van der Waals surface area contributed by atoms with Crippen molar-refractivity contribution in [2.45, 2.75) is 4.90 Å². The van der Waals surface area contributed by atoms with Crippen LogP contribution in [0.1, 0.15) is 0 Å². The molecule has 0 aliphatic rings. The molecule has 0 atom stereocenters. The minimum atomic E-state index is 0.667. The normalized spacial score (nSPS) is 10.2.